The zero-order chi connectivity index (χ0) is 8.72. The lowest BCUT2D eigenvalue weighted by Gasteiger charge is -2.00. The van der Waals surface area contributed by atoms with Crippen molar-refractivity contribution in [1.29, 1.82) is 0 Å². The van der Waals surface area contributed by atoms with Crippen LogP contribution in [0.15, 0.2) is 12.3 Å². The molecule has 0 aliphatic heterocycles. The summed E-state index contributed by atoms with van der Waals surface area (Å²) in [7, 11) is 0. The molecule has 1 aliphatic rings. The van der Waals surface area contributed by atoms with Gasteiger partial charge in [0, 0.05) is 23.2 Å². The third-order valence-electron chi connectivity index (χ3n) is 2.09. The van der Waals surface area contributed by atoms with Gasteiger partial charge in [-0.05, 0) is 18.1 Å². The van der Waals surface area contributed by atoms with Crippen LogP contribution in [-0.2, 0) is 0 Å². The Balaban J connectivity index is 2.33. The van der Waals surface area contributed by atoms with Crippen molar-refractivity contribution >= 4 is 23.2 Å². The molecule has 0 aromatic carbocycles. The molecule has 0 saturated heterocycles. The molecule has 1 heterocycles. The minimum Gasteiger partial charge on any atom is -0.327 e. The van der Waals surface area contributed by atoms with Crippen molar-refractivity contribution in [2.24, 2.45) is 5.73 Å². The van der Waals surface area contributed by atoms with Gasteiger partial charge in [-0.25, -0.2) is 4.98 Å². The first-order valence-electron chi connectivity index (χ1n) is 3.75. The number of nitrogens with zero attached hydrogens (tertiary/aromatic N) is 1. The number of aromatic nitrogens is 1. The number of hydrogen-bond acceptors (Lipinski definition) is 2. The first kappa shape index (κ1) is 8.30. The summed E-state index contributed by atoms with van der Waals surface area (Å²) >= 11 is 11.6. The van der Waals surface area contributed by atoms with Crippen molar-refractivity contribution in [2.45, 2.75) is 18.4 Å². The predicted molar refractivity (Wildman–Crippen MR) is 49.6 cm³/mol. The van der Waals surface area contributed by atoms with Gasteiger partial charge in [0.15, 0.2) is 0 Å². The van der Waals surface area contributed by atoms with Crippen molar-refractivity contribution in [2.75, 3.05) is 0 Å². The molecule has 64 valence electrons. The molecule has 2 atom stereocenters. The van der Waals surface area contributed by atoms with Crippen LogP contribution >= 0.6 is 23.2 Å². The maximum Gasteiger partial charge on any atom is 0.130 e. The van der Waals surface area contributed by atoms with Crippen molar-refractivity contribution in [3.8, 4) is 0 Å². The van der Waals surface area contributed by atoms with Crippen molar-refractivity contribution in [3.05, 3.63) is 28.0 Å². The number of pyridine rings is 1. The van der Waals surface area contributed by atoms with E-state index in [4.69, 9.17) is 28.9 Å². The summed E-state index contributed by atoms with van der Waals surface area (Å²) in [5, 5.41) is 1.10. The van der Waals surface area contributed by atoms with Crippen LogP contribution in [-0.4, -0.2) is 11.0 Å². The summed E-state index contributed by atoms with van der Waals surface area (Å²) in [6.45, 7) is 0. The summed E-state index contributed by atoms with van der Waals surface area (Å²) in [6, 6.07) is 1.91. The maximum absolute atomic E-state index is 5.95. The third-order valence-corrected chi connectivity index (χ3v) is 2.62. The van der Waals surface area contributed by atoms with Gasteiger partial charge in [-0.3, -0.25) is 0 Å². The monoisotopic (exact) mass is 202 g/mol. The largest absolute Gasteiger partial charge is 0.327 e. The van der Waals surface area contributed by atoms with E-state index in [1.54, 1.807) is 12.3 Å². The standard InChI is InChI=1S/C8H8Cl2N2/c9-6-2-8(10)12-3-5(6)4-1-7(4)11/h2-4,7H,1,11H2/t4-,7+/m0/s1. The van der Waals surface area contributed by atoms with E-state index in [0.29, 0.717) is 16.1 Å². The van der Waals surface area contributed by atoms with E-state index >= 15 is 0 Å². The maximum atomic E-state index is 5.95. The van der Waals surface area contributed by atoms with Crippen LogP contribution < -0.4 is 5.73 Å². The molecular formula is C8H8Cl2N2. The molecule has 1 fully saturated rings. The van der Waals surface area contributed by atoms with Gasteiger partial charge in [0.2, 0.25) is 0 Å². The van der Waals surface area contributed by atoms with Gasteiger partial charge in [0.1, 0.15) is 5.15 Å². The van der Waals surface area contributed by atoms with Gasteiger partial charge in [-0.1, -0.05) is 23.2 Å². The van der Waals surface area contributed by atoms with Gasteiger partial charge in [0.25, 0.3) is 0 Å². The van der Waals surface area contributed by atoms with Crippen molar-refractivity contribution in [3.63, 3.8) is 0 Å². The molecular weight excluding hydrogens is 195 g/mol. The Morgan fingerprint density at radius 1 is 1.50 bits per heavy atom. The lowest BCUT2D eigenvalue weighted by molar-refractivity contribution is 0.981. The first-order chi connectivity index (χ1) is 5.68. The Kier molecular flexibility index (Phi) is 1.99. The topological polar surface area (TPSA) is 38.9 Å². The summed E-state index contributed by atoms with van der Waals surface area (Å²) in [5.74, 6) is 0.391. The molecule has 0 spiro atoms. The summed E-state index contributed by atoms with van der Waals surface area (Å²) in [6.07, 6.45) is 2.71. The number of rotatable bonds is 1. The Morgan fingerprint density at radius 3 is 2.67 bits per heavy atom. The van der Waals surface area contributed by atoms with Gasteiger partial charge < -0.3 is 5.73 Å². The molecule has 1 aliphatic carbocycles. The van der Waals surface area contributed by atoms with E-state index in [0.717, 1.165) is 12.0 Å². The minimum absolute atomic E-state index is 0.255. The second-order valence-electron chi connectivity index (χ2n) is 3.03. The lowest BCUT2D eigenvalue weighted by atomic mass is 10.2. The van der Waals surface area contributed by atoms with Gasteiger partial charge in [-0.2, -0.15) is 0 Å². The molecule has 0 radical (unpaired) electrons. The minimum atomic E-state index is 0.255. The highest BCUT2D eigenvalue weighted by Gasteiger charge is 2.36. The average molecular weight is 203 g/mol. The van der Waals surface area contributed by atoms with Crippen LogP contribution in [0.2, 0.25) is 10.2 Å². The van der Waals surface area contributed by atoms with Crippen LogP contribution in [0.5, 0.6) is 0 Å². The zero-order valence-electron chi connectivity index (χ0n) is 6.30. The van der Waals surface area contributed by atoms with Gasteiger partial charge in [0.05, 0.1) is 0 Å². The summed E-state index contributed by atoms with van der Waals surface area (Å²) in [5.41, 5.74) is 6.71. The molecule has 2 N–H and O–H groups in total. The van der Waals surface area contributed by atoms with E-state index in [-0.39, 0.29) is 6.04 Å². The molecule has 2 nitrogen and oxygen atoms in total. The molecule has 12 heavy (non-hydrogen) atoms. The molecule has 0 unspecified atom stereocenters. The Labute approximate surface area is 80.7 Å². The highest BCUT2D eigenvalue weighted by atomic mass is 35.5. The fourth-order valence-corrected chi connectivity index (χ4v) is 1.77. The predicted octanol–water partition coefficient (Wildman–Crippen LogP) is 2.20. The van der Waals surface area contributed by atoms with Crippen molar-refractivity contribution < 1.29 is 0 Å². The van der Waals surface area contributed by atoms with E-state index < -0.39 is 0 Å². The van der Waals surface area contributed by atoms with Crippen LogP contribution in [0.4, 0.5) is 0 Å². The Hall–Kier alpha value is -0.310. The molecule has 1 saturated carbocycles. The first-order valence-corrected chi connectivity index (χ1v) is 4.50. The third kappa shape index (κ3) is 1.42. The van der Waals surface area contributed by atoms with Crippen LogP contribution in [0, 0.1) is 0 Å². The smallest absolute Gasteiger partial charge is 0.130 e. The zero-order valence-corrected chi connectivity index (χ0v) is 7.81. The lowest BCUT2D eigenvalue weighted by Crippen LogP contribution is -2.01. The molecule has 0 amide bonds. The van der Waals surface area contributed by atoms with E-state index in [2.05, 4.69) is 4.98 Å². The SMILES string of the molecule is N[C@@H]1C[C@H]1c1cnc(Cl)cc1Cl. The normalized spacial score (nSPS) is 27.2. The van der Waals surface area contributed by atoms with Gasteiger partial charge >= 0.3 is 0 Å². The second-order valence-corrected chi connectivity index (χ2v) is 3.83. The molecule has 1 aromatic heterocycles. The van der Waals surface area contributed by atoms with Crippen LogP contribution in [0.1, 0.15) is 17.9 Å². The van der Waals surface area contributed by atoms with Crippen LogP contribution in [0.3, 0.4) is 0 Å². The highest BCUT2D eigenvalue weighted by molar-refractivity contribution is 6.34. The number of halogens is 2. The highest BCUT2D eigenvalue weighted by Crippen LogP contribution is 2.42. The van der Waals surface area contributed by atoms with Gasteiger partial charge in [-0.15, -0.1) is 0 Å². The Bertz CT molecular complexity index is 314. The molecule has 4 heteroatoms. The average Bonchev–Trinajstić information content (AvgIpc) is 2.66. The number of nitrogens with two attached hydrogens (primary N) is 1. The number of hydrogen-bond donors (Lipinski definition) is 1. The fourth-order valence-electron chi connectivity index (χ4n) is 1.26. The van der Waals surface area contributed by atoms with Crippen molar-refractivity contribution in [1.82, 2.24) is 4.98 Å². The van der Waals surface area contributed by atoms with E-state index in [9.17, 15) is 0 Å². The molecule has 1 aromatic rings. The van der Waals surface area contributed by atoms with E-state index in [1.807, 2.05) is 0 Å². The second kappa shape index (κ2) is 2.87. The van der Waals surface area contributed by atoms with Crippen LogP contribution in [0.25, 0.3) is 0 Å². The molecule has 0 bridgehead atoms. The summed E-state index contributed by atoms with van der Waals surface area (Å²) < 4.78 is 0. The van der Waals surface area contributed by atoms with E-state index in [1.165, 1.54) is 0 Å². The fraction of sp³-hybridized carbons (Fsp3) is 0.375. The Morgan fingerprint density at radius 2 is 2.17 bits per heavy atom. The quantitative estimate of drug-likeness (QED) is 0.710. The summed E-state index contributed by atoms with van der Waals surface area (Å²) in [4.78, 5) is 3.96. The molecule has 2 rings (SSSR count).